The first kappa shape index (κ1) is 18.0. The Morgan fingerprint density at radius 2 is 2.20 bits per heavy atom. The van der Waals surface area contributed by atoms with E-state index in [0.717, 1.165) is 37.4 Å². The lowest BCUT2D eigenvalue weighted by atomic mass is 9.97. The van der Waals surface area contributed by atoms with Crippen molar-refractivity contribution in [3.8, 4) is 5.88 Å². The molecular weight excluding hydrogens is 340 g/mol. The van der Waals surface area contributed by atoms with E-state index in [-0.39, 0.29) is 16.2 Å². The molecule has 1 aliphatic carbocycles. The Balaban J connectivity index is 1.78. The van der Waals surface area contributed by atoms with Crippen LogP contribution in [0.25, 0.3) is 0 Å². The fourth-order valence-electron chi connectivity index (χ4n) is 3.16. The highest BCUT2D eigenvalue weighted by Crippen LogP contribution is 2.21. The van der Waals surface area contributed by atoms with Crippen molar-refractivity contribution in [3.63, 3.8) is 0 Å². The Labute approximate surface area is 151 Å². The number of nitrogens with one attached hydrogen (secondary N) is 2. The lowest BCUT2D eigenvalue weighted by Gasteiger charge is -2.21. The number of morpholine rings is 1. The average Bonchev–Trinajstić information content (AvgIpc) is 2.63. The maximum atomic E-state index is 12.7. The monoisotopic (exact) mass is 364 g/mol. The average molecular weight is 364 g/mol. The normalized spacial score (nSPS) is 19.3. The minimum Gasteiger partial charge on any atom is -0.859 e. The van der Waals surface area contributed by atoms with Crippen LogP contribution in [0, 0.1) is 4.77 Å². The van der Waals surface area contributed by atoms with Crippen LogP contribution in [0.1, 0.15) is 37.7 Å². The summed E-state index contributed by atoms with van der Waals surface area (Å²) >= 11 is 5.18. The summed E-state index contributed by atoms with van der Waals surface area (Å²) in [5, 5.41) is 18.0. The van der Waals surface area contributed by atoms with Gasteiger partial charge in [0.2, 0.25) is 0 Å². The van der Waals surface area contributed by atoms with Crippen molar-refractivity contribution < 1.29 is 14.9 Å². The van der Waals surface area contributed by atoms with Crippen molar-refractivity contribution in [1.82, 2.24) is 9.55 Å². The highest BCUT2D eigenvalue weighted by atomic mass is 32.1. The molecule has 0 amide bonds. The van der Waals surface area contributed by atoms with Crippen LogP contribution in [0.4, 0.5) is 0 Å². The van der Waals surface area contributed by atoms with Gasteiger partial charge >= 0.3 is 0 Å². The SMILES string of the molecule is O=c1[nH]c(=S)n(CCC2=CCCCC2)c([O-])c1C=N[NH+]1CCOCC1. The van der Waals surface area contributed by atoms with E-state index in [1.807, 2.05) is 0 Å². The quantitative estimate of drug-likeness (QED) is 0.441. The molecule has 0 aromatic carbocycles. The van der Waals surface area contributed by atoms with Gasteiger partial charge < -0.3 is 14.4 Å². The van der Waals surface area contributed by atoms with Crippen molar-refractivity contribution in [2.45, 2.75) is 38.6 Å². The predicted molar refractivity (Wildman–Crippen MR) is 95.6 cm³/mol. The first-order valence-electron chi connectivity index (χ1n) is 8.83. The van der Waals surface area contributed by atoms with Crippen molar-refractivity contribution in [3.05, 3.63) is 32.3 Å². The molecule has 2 N–H and O–H groups in total. The van der Waals surface area contributed by atoms with E-state index < -0.39 is 5.56 Å². The Morgan fingerprint density at radius 3 is 2.92 bits per heavy atom. The van der Waals surface area contributed by atoms with E-state index in [2.05, 4.69) is 16.2 Å². The summed E-state index contributed by atoms with van der Waals surface area (Å²) in [6.45, 7) is 3.22. The molecule has 25 heavy (non-hydrogen) atoms. The summed E-state index contributed by atoms with van der Waals surface area (Å²) in [4.78, 5) is 14.7. The molecule has 0 radical (unpaired) electrons. The number of nitrogens with zero attached hydrogens (tertiary/aromatic N) is 2. The summed E-state index contributed by atoms with van der Waals surface area (Å²) in [5.41, 5.74) is 0.941. The van der Waals surface area contributed by atoms with Crippen LogP contribution in [-0.2, 0) is 11.3 Å². The van der Waals surface area contributed by atoms with E-state index in [1.165, 1.54) is 29.2 Å². The number of aromatic amines is 1. The van der Waals surface area contributed by atoms with Gasteiger partial charge in [0.05, 0.1) is 25.0 Å². The molecule has 2 aliphatic rings. The lowest BCUT2D eigenvalue weighted by Crippen LogP contribution is -3.09. The van der Waals surface area contributed by atoms with Crippen molar-refractivity contribution in [2.75, 3.05) is 26.3 Å². The van der Waals surface area contributed by atoms with Gasteiger partial charge in [-0.25, -0.2) is 5.01 Å². The van der Waals surface area contributed by atoms with Crippen LogP contribution in [-0.4, -0.2) is 42.1 Å². The first-order valence-corrected chi connectivity index (χ1v) is 9.24. The number of H-pyrrole nitrogens is 1. The Hall–Kier alpha value is -1.77. The second-order valence-electron chi connectivity index (χ2n) is 6.42. The molecule has 136 valence electrons. The predicted octanol–water partition coefficient (Wildman–Crippen LogP) is 0.119. The molecule has 1 aromatic heterocycles. The fraction of sp³-hybridized carbons (Fsp3) is 0.588. The maximum Gasteiger partial charge on any atom is 0.260 e. The third-order valence-corrected chi connectivity index (χ3v) is 5.00. The van der Waals surface area contributed by atoms with Crippen LogP contribution in [0.5, 0.6) is 5.88 Å². The van der Waals surface area contributed by atoms with Crippen LogP contribution in [0.3, 0.4) is 0 Å². The number of hydrogen-bond acceptors (Lipinski definition) is 5. The van der Waals surface area contributed by atoms with Gasteiger partial charge in [0.25, 0.3) is 5.56 Å². The largest absolute Gasteiger partial charge is 0.859 e. The molecule has 1 aromatic rings. The van der Waals surface area contributed by atoms with Crippen molar-refractivity contribution in [1.29, 1.82) is 0 Å². The molecule has 3 rings (SSSR count). The second kappa shape index (κ2) is 8.55. The number of quaternary nitrogens is 1. The number of ether oxygens (including phenoxy) is 1. The molecule has 7 nitrogen and oxygen atoms in total. The number of aromatic nitrogens is 2. The van der Waals surface area contributed by atoms with E-state index >= 15 is 0 Å². The van der Waals surface area contributed by atoms with E-state index in [0.29, 0.717) is 19.8 Å². The Bertz CT molecular complexity index is 775. The second-order valence-corrected chi connectivity index (χ2v) is 6.81. The molecule has 0 saturated carbocycles. The van der Waals surface area contributed by atoms with Gasteiger partial charge in [-0.2, -0.15) is 0 Å². The third-order valence-electron chi connectivity index (χ3n) is 4.67. The zero-order chi connectivity index (χ0) is 17.6. The van der Waals surface area contributed by atoms with Gasteiger partial charge in [0, 0.05) is 6.54 Å². The third kappa shape index (κ3) is 4.65. The van der Waals surface area contributed by atoms with Gasteiger partial charge in [-0.05, 0) is 50.2 Å². The lowest BCUT2D eigenvalue weighted by molar-refractivity contribution is -0.914. The molecule has 0 bridgehead atoms. The standard InChI is InChI=1S/C17H24N4O3S/c22-15-14(12-18-20-8-10-24-11-9-20)16(23)21(17(25)19-15)7-6-13-4-2-1-3-5-13/h4,12,23H,1-3,5-11H2,(H,19,22,25). The molecular formula is C17H24N4O3S. The minimum absolute atomic E-state index is 0.0465. The summed E-state index contributed by atoms with van der Waals surface area (Å²) in [7, 11) is 0. The van der Waals surface area contributed by atoms with Gasteiger partial charge in [0.15, 0.2) is 4.77 Å². The molecule has 1 saturated heterocycles. The number of allylic oxidation sites excluding steroid dienone is 2. The summed E-state index contributed by atoms with van der Waals surface area (Å²) in [6, 6.07) is 0. The van der Waals surface area contributed by atoms with Crippen LogP contribution >= 0.6 is 12.2 Å². The molecule has 8 heteroatoms. The molecule has 0 unspecified atom stereocenters. The van der Waals surface area contributed by atoms with Crippen molar-refractivity contribution >= 4 is 18.4 Å². The molecule has 2 heterocycles. The smallest absolute Gasteiger partial charge is 0.260 e. The molecule has 0 atom stereocenters. The van der Waals surface area contributed by atoms with E-state index in [1.54, 1.807) is 0 Å². The summed E-state index contributed by atoms with van der Waals surface area (Å²) in [6.07, 6.45) is 9.06. The van der Waals surface area contributed by atoms with Crippen LogP contribution < -0.4 is 15.7 Å². The van der Waals surface area contributed by atoms with Crippen LogP contribution in [0.15, 0.2) is 21.5 Å². The van der Waals surface area contributed by atoms with Crippen LogP contribution in [0.2, 0.25) is 0 Å². The highest BCUT2D eigenvalue weighted by Gasteiger charge is 2.13. The number of rotatable bonds is 5. The summed E-state index contributed by atoms with van der Waals surface area (Å²) < 4.78 is 6.93. The number of hydrogen-bond donors (Lipinski definition) is 2. The first-order chi connectivity index (χ1) is 12.1. The Kier molecular flexibility index (Phi) is 6.17. The van der Waals surface area contributed by atoms with Gasteiger partial charge in [0.1, 0.15) is 13.1 Å². The zero-order valence-corrected chi connectivity index (χ0v) is 15.1. The molecule has 1 fully saturated rings. The summed E-state index contributed by atoms with van der Waals surface area (Å²) in [5.74, 6) is -0.360. The van der Waals surface area contributed by atoms with Gasteiger partial charge in [-0.1, -0.05) is 16.8 Å². The fourth-order valence-corrected chi connectivity index (χ4v) is 3.43. The minimum atomic E-state index is -0.473. The van der Waals surface area contributed by atoms with E-state index in [9.17, 15) is 9.90 Å². The van der Waals surface area contributed by atoms with Gasteiger partial charge in [-0.15, -0.1) is 0 Å². The van der Waals surface area contributed by atoms with Gasteiger partial charge in [-0.3, -0.25) is 9.78 Å². The van der Waals surface area contributed by atoms with E-state index in [4.69, 9.17) is 17.0 Å². The maximum absolute atomic E-state index is 12.7. The topological polar surface area (TPSA) is 86.9 Å². The Morgan fingerprint density at radius 1 is 1.40 bits per heavy atom. The highest BCUT2D eigenvalue weighted by molar-refractivity contribution is 7.71. The molecule has 0 spiro atoms. The van der Waals surface area contributed by atoms with Crippen molar-refractivity contribution in [2.24, 2.45) is 5.10 Å². The molecule has 1 aliphatic heterocycles. The zero-order valence-electron chi connectivity index (χ0n) is 14.3.